The van der Waals surface area contributed by atoms with Crippen molar-refractivity contribution in [2.45, 2.75) is 26.0 Å². The summed E-state index contributed by atoms with van der Waals surface area (Å²) in [6.45, 7) is 4.39. The highest BCUT2D eigenvalue weighted by Gasteiger charge is 2.15. The maximum Gasteiger partial charge on any atom is 0.0929 e. The third-order valence-electron chi connectivity index (χ3n) is 3.09. The first-order valence-corrected chi connectivity index (χ1v) is 6.68. The molecule has 1 rings (SSSR count). The summed E-state index contributed by atoms with van der Waals surface area (Å²) in [5.41, 5.74) is 0.612. The van der Waals surface area contributed by atoms with Crippen molar-refractivity contribution in [2.24, 2.45) is 5.92 Å². The first-order chi connectivity index (χ1) is 8.45. The van der Waals surface area contributed by atoms with E-state index < -0.39 is 6.10 Å². The van der Waals surface area contributed by atoms with Crippen LogP contribution in [0.5, 0.6) is 0 Å². The number of aliphatic hydroxyl groups is 2. The average molecular weight is 292 g/mol. The lowest BCUT2D eigenvalue weighted by Crippen LogP contribution is -2.36. The van der Waals surface area contributed by atoms with E-state index in [0.29, 0.717) is 22.2 Å². The Morgan fingerprint density at radius 1 is 1.28 bits per heavy atom. The highest BCUT2D eigenvalue weighted by atomic mass is 35.5. The first-order valence-electron chi connectivity index (χ1n) is 5.93. The molecule has 1 aromatic rings. The summed E-state index contributed by atoms with van der Waals surface area (Å²) >= 11 is 11.9. The molecule has 0 aromatic heterocycles. The van der Waals surface area contributed by atoms with Crippen LogP contribution in [0, 0.1) is 5.92 Å². The number of nitrogens with one attached hydrogen (secondary N) is 1. The highest BCUT2D eigenvalue weighted by molar-refractivity contribution is 6.33. The Morgan fingerprint density at radius 2 is 1.94 bits per heavy atom. The zero-order chi connectivity index (χ0) is 13.7. The molecule has 0 saturated heterocycles. The van der Waals surface area contributed by atoms with Gasteiger partial charge in [0.05, 0.1) is 6.10 Å². The Bertz CT molecular complexity index is 387. The van der Waals surface area contributed by atoms with Crippen molar-refractivity contribution >= 4 is 23.2 Å². The summed E-state index contributed by atoms with van der Waals surface area (Å²) in [5, 5.41) is 23.3. The van der Waals surface area contributed by atoms with Crippen molar-refractivity contribution in [3.8, 4) is 0 Å². The van der Waals surface area contributed by atoms with Crippen LogP contribution in [-0.4, -0.2) is 29.4 Å². The molecule has 3 atom stereocenters. The molecule has 0 heterocycles. The van der Waals surface area contributed by atoms with E-state index in [9.17, 15) is 5.11 Å². The Balaban J connectivity index is 2.60. The summed E-state index contributed by atoms with van der Waals surface area (Å²) in [7, 11) is 0. The summed E-state index contributed by atoms with van der Waals surface area (Å²) in [6, 6.07) is 5.13. The first kappa shape index (κ1) is 15.7. The number of hydrogen-bond donors (Lipinski definition) is 3. The largest absolute Gasteiger partial charge is 0.396 e. The normalized spacial score (nSPS) is 16.3. The van der Waals surface area contributed by atoms with Crippen LogP contribution in [0.4, 0.5) is 0 Å². The molecule has 0 aliphatic rings. The van der Waals surface area contributed by atoms with Crippen LogP contribution >= 0.6 is 23.2 Å². The van der Waals surface area contributed by atoms with Crippen molar-refractivity contribution in [2.75, 3.05) is 13.2 Å². The number of benzene rings is 1. The van der Waals surface area contributed by atoms with Gasteiger partial charge < -0.3 is 15.5 Å². The van der Waals surface area contributed by atoms with E-state index in [4.69, 9.17) is 28.3 Å². The van der Waals surface area contributed by atoms with Gasteiger partial charge in [-0.05, 0) is 31.0 Å². The van der Waals surface area contributed by atoms with Gasteiger partial charge in [-0.3, -0.25) is 0 Å². The fourth-order valence-electron chi connectivity index (χ4n) is 1.54. The average Bonchev–Trinajstić information content (AvgIpc) is 2.37. The number of aliphatic hydroxyl groups excluding tert-OH is 2. The fraction of sp³-hybridized carbons (Fsp3) is 0.538. The molecule has 5 heteroatoms. The molecule has 0 spiro atoms. The van der Waals surface area contributed by atoms with Crippen molar-refractivity contribution in [3.05, 3.63) is 33.8 Å². The van der Waals surface area contributed by atoms with Gasteiger partial charge >= 0.3 is 0 Å². The van der Waals surface area contributed by atoms with E-state index in [1.807, 2.05) is 13.8 Å². The maximum atomic E-state index is 10.1. The molecule has 1 aromatic carbocycles. The van der Waals surface area contributed by atoms with E-state index in [-0.39, 0.29) is 18.6 Å². The fourth-order valence-corrected chi connectivity index (χ4v) is 1.96. The van der Waals surface area contributed by atoms with Gasteiger partial charge in [0, 0.05) is 34.8 Å². The molecule has 3 nitrogen and oxygen atoms in total. The predicted octanol–water partition coefficient (Wildman–Crippen LogP) is 2.63. The third kappa shape index (κ3) is 4.41. The maximum absolute atomic E-state index is 10.1. The Morgan fingerprint density at radius 3 is 2.56 bits per heavy atom. The van der Waals surface area contributed by atoms with Gasteiger partial charge in [0.25, 0.3) is 0 Å². The molecule has 0 saturated carbocycles. The molecule has 102 valence electrons. The number of hydrogen-bond acceptors (Lipinski definition) is 3. The summed E-state index contributed by atoms with van der Waals surface area (Å²) < 4.78 is 0. The van der Waals surface area contributed by atoms with Gasteiger partial charge in [0.2, 0.25) is 0 Å². The van der Waals surface area contributed by atoms with Crippen LogP contribution in [0.1, 0.15) is 25.5 Å². The third-order valence-corrected chi connectivity index (χ3v) is 3.67. The van der Waals surface area contributed by atoms with Gasteiger partial charge in [0.15, 0.2) is 0 Å². The minimum Gasteiger partial charge on any atom is -0.396 e. The van der Waals surface area contributed by atoms with Crippen LogP contribution in [0.2, 0.25) is 10.0 Å². The zero-order valence-electron chi connectivity index (χ0n) is 10.5. The molecule has 0 bridgehead atoms. The molecule has 0 amide bonds. The van der Waals surface area contributed by atoms with Gasteiger partial charge in [-0.2, -0.15) is 0 Å². The lowest BCUT2D eigenvalue weighted by Gasteiger charge is -2.22. The molecule has 0 aliphatic heterocycles. The minimum absolute atomic E-state index is 0.113. The Kier molecular flexibility index (Phi) is 6.39. The second kappa shape index (κ2) is 7.31. The van der Waals surface area contributed by atoms with E-state index >= 15 is 0 Å². The Hall–Kier alpha value is -0.320. The van der Waals surface area contributed by atoms with Crippen LogP contribution < -0.4 is 5.32 Å². The highest BCUT2D eigenvalue weighted by Crippen LogP contribution is 2.26. The van der Waals surface area contributed by atoms with Crippen molar-refractivity contribution in [1.82, 2.24) is 5.32 Å². The van der Waals surface area contributed by atoms with E-state index in [1.165, 1.54) is 0 Å². The molecule has 0 fully saturated rings. The molecule has 3 unspecified atom stereocenters. The second-order valence-electron chi connectivity index (χ2n) is 4.54. The van der Waals surface area contributed by atoms with Gasteiger partial charge in [-0.1, -0.05) is 30.1 Å². The van der Waals surface area contributed by atoms with Crippen LogP contribution in [0.3, 0.4) is 0 Å². The summed E-state index contributed by atoms with van der Waals surface area (Å²) in [6.07, 6.45) is -0.718. The van der Waals surface area contributed by atoms with Crippen LogP contribution in [0.25, 0.3) is 0 Å². The Labute approximate surface area is 118 Å². The second-order valence-corrected chi connectivity index (χ2v) is 5.38. The van der Waals surface area contributed by atoms with E-state index in [2.05, 4.69) is 5.32 Å². The van der Waals surface area contributed by atoms with Gasteiger partial charge in [0.1, 0.15) is 0 Å². The SMILES string of the molecule is CC(CO)C(C)NCC(O)c1cc(Cl)ccc1Cl. The number of halogens is 2. The zero-order valence-corrected chi connectivity index (χ0v) is 12.0. The standard InChI is InChI=1S/C13H19Cl2NO2/c1-8(7-17)9(2)16-6-13(18)11-5-10(14)3-4-12(11)15/h3-5,8-9,13,16-18H,6-7H2,1-2H3. The molecule has 3 N–H and O–H groups in total. The molecule has 18 heavy (non-hydrogen) atoms. The van der Waals surface area contributed by atoms with Crippen molar-refractivity contribution in [1.29, 1.82) is 0 Å². The van der Waals surface area contributed by atoms with Gasteiger partial charge in [-0.25, -0.2) is 0 Å². The topological polar surface area (TPSA) is 52.5 Å². The number of rotatable bonds is 6. The predicted molar refractivity (Wildman–Crippen MR) is 75.1 cm³/mol. The molecular formula is C13H19Cl2NO2. The minimum atomic E-state index is -0.718. The summed E-state index contributed by atoms with van der Waals surface area (Å²) in [5.74, 6) is 0.132. The molecule has 0 aliphatic carbocycles. The van der Waals surface area contributed by atoms with Crippen LogP contribution in [-0.2, 0) is 0 Å². The lowest BCUT2D eigenvalue weighted by molar-refractivity contribution is 0.155. The van der Waals surface area contributed by atoms with Crippen molar-refractivity contribution < 1.29 is 10.2 Å². The van der Waals surface area contributed by atoms with Gasteiger partial charge in [-0.15, -0.1) is 0 Å². The quantitative estimate of drug-likeness (QED) is 0.755. The monoisotopic (exact) mass is 291 g/mol. The molecular weight excluding hydrogens is 273 g/mol. The smallest absolute Gasteiger partial charge is 0.0929 e. The lowest BCUT2D eigenvalue weighted by atomic mass is 10.0. The molecule has 0 radical (unpaired) electrons. The van der Waals surface area contributed by atoms with Crippen molar-refractivity contribution in [3.63, 3.8) is 0 Å². The van der Waals surface area contributed by atoms with E-state index in [1.54, 1.807) is 18.2 Å². The summed E-state index contributed by atoms with van der Waals surface area (Å²) in [4.78, 5) is 0. The van der Waals surface area contributed by atoms with Crippen LogP contribution in [0.15, 0.2) is 18.2 Å². The van der Waals surface area contributed by atoms with E-state index in [0.717, 1.165) is 0 Å².